The number of hydrogen-bond acceptors (Lipinski definition) is 4. The molecule has 1 aromatic heterocycles. The van der Waals surface area contributed by atoms with Crippen LogP contribution >= 0.6 is 27.3 Å². The Morgan fingerprint density at radius 3 is 2.44 bits per heavy atom. The Morgan fingerprint density at radius 2 is 1.70 bits per heavy atom. The predicted octanol–water partition coefficient (Wildman–Crippen LogP) is 5.08. The van der Waals surface area contributed by atoms with E-state index in [1.165, 1.54) is 19.8 Å². The van der Waals surface area contributed by atoms with E-state index in [2.05, 4.69) is 86.8 Å². The third-order valence-corrected chi connectivity index (χ3v) is 6.51. The van der Waals surface area contributed by atoms with E-state index in [4.69, 9.17) is 4.74 Å². The van der Waals surface area contributed by atoms with Gasteiger partial charge < -0.3 is 10.1 Å². The van der Waals surface area contributed by atoms with Gasteiger partial charge in [0.1, 0.15) is 12.4 Å². The van der Waals surface area contributed by atoms with Crippen LogP contribution < -0.4 is 10.1 Å². The molecule has 27 heavy (non-hydrogen) atoms. The molecule has 3 nitrogen and oxygen atoms in total. The summed E-state index contributed by atoms with van der Waals surface area (Å²) in [5, 5.41) is 3.46. The van der Waals surface area contributed by atoms with Gasteiger partial charge in [-0.25, -0.2) is 0 Å². The van der Waals surface area contributed by atoms with Crippen LogP contribution in [0, 0.1) is 0 Å². The van der Waals surface area contributed by atoms with Crippen LogP contribution in [0.5, 0.6) is 5.75 Å². The molecule has 0 aliphatic carbocycles. The third-order valence-electron chi connectivity index (χ3n) is 4.83. The number of benzene rings is 2. The van der Waals surface area contributed by atoms with Gasteiger partial charge in [0.05, 0.1) is 9.83 Å². The molecule has 0 saturated carbocycles. The molecule has 0 amide bonds. The minimum Gasteiger partial charge on any atom is -0.489 e. The Bertz CT molecular complexity index is 862. The summed E-state index contributed by atoms with van der Waals surface area (Å²) in [7, 11) is 0. The van der Waals surface area contributed by atoms with Gasteiger partial charge >= 0.3 is 0 Å². The average molecular weight is 443 g/mol. The average Bonchev–Trinajstić information content (AvgIpc) is 3.15. The van der Waals surface area contributed by atoms with Crippen molar-refractivity contribution in [3.05, 3.63) is 86.5 Å². The first kappa shape index (κ1) is 18.7. The van der Waals surface area contributed by atoms with Crippen molar-refractivity contribution in [2.24, 2.45) is 0 Å². The lowest BCUT2D eigenvalue weighted by atomic mass is 10.0. The molecule has 1 fully saturated rings. The number of hydrogen-bond donors (Lipinski definition) is 1. The fraction of sp³-hybridized carbons (Fsp3) is 0.273. The number of nitrogens with one attached hydrogen (secondary N) is 1. The monoisotopic (exact) mass is 442 g/mol. The van der Waals surface area contributed by atoms with Crippen LogP contribution in [0.25, 0.3) is 0 Å². The quantitative estimate of drug-likeness (QED) is 0.575. The van der Waals surface area contributed by atoms with Gasteiger partial charge in [-0.2, -0.15) is 0 Å². The molecule has 1 saturated heterocycles. The molecule has 2 aromatic carbocycles. The summed E-state index contributed by atoms with van der Waals surface area (Å²) >= 11 is 5.44. The van der Waals surface area contributed by atoms with E-state index >= 15 is 0 Å². The molecule has 0 spiro atoms. The van der Waals surface area contributed by atoms with Crippen molar-refractivity contribution < 1.29 is 4.74 Å². The lowest BCUT2D eigenvalue weighted by Gasteiger charge is -2.35. The number of rotatable bonds is 6. The first-order valence-corrected chi connectivity index (χ1v) is 10.9. The number of piperazine rings is 1. The van der Waals surface area contributed by atoms with Crippen LogP contribution in [0.2, 0.25) is 0 Å². The Labute approximate surface area is 173 Å². The van der Waals surface area contributed by atoms with Crippen molar-refractivity contribution in [3.8, 4) is 5.75 Å². The summed E-state index contributed by atoms with van der Waals surface area (Å²) in [5.74, 6) is 0.967. The number of nitrogens with zero attached hydrogens (tertiary/aromatic N) is 1. The summed E-state index contributed by atoms with van der Waals surface area (Å²) in [4.78, 5) is 3.90. The van der Waals surface area contributed by atoms with Gasteiger partial charge in [0.25, 0.3) is 0 Å². The van der Waals surface area contributed by atoms with E-state index in [1.54, 1.807) is 11.3 Å². The minimum atomic E-state index is 0.218. The maximum absolute atomic E-state index is 6.27. The highest BCUT2D eigenvalue weighted by Gasteiger charge is 2.27. The topological polar surface area (TPSA) is 24.5 Å². The lowest BCUT2D eigenvalue weighted by Crippen LogP contribution is -2.45. The summed E-state index contributed by atoms with van der Waals surface area (Å²) in [6.45, 7) is 4.70. The van der Waals surface area contributed by atoms with Gasteiger partial charge in [0, 0.05) is 36.6 Å². The van der Waals surface area contributed by atoms with Crippen LogP contribution in [0.1, 0.15) is 22.0 Å². The Balaban J connectivity index is 1.65. The largest absolute Gasteiger partial charge is 0.489 e. The van der Waals surface area contributed by atoms with E-state index in [0.717, 1.165) is 31.9 Å². The number of halogens is 1. The van der Waals surface area contributed by atoms with E-state index in [1.807, 2.05) is 6.07 Å². The molecule has 140 valence electrons. The molecule has 1 unspecified atom stereocenters. The van der Waals surface area contributed by atoms with Crippen molar-refractivity contribution in [2.75, 3.05) is 26.2 Å². The standard InChI is InChI=1S/C22H23BrN2OS/c23-21-11-10-20(27-21)22(25-14-12-24-13-15-25)18-8-4-5-9-19(18)26-16-17-6-2-1-3-7-17/h1-11,22,24H,12-16H2. The summed E-state index contributed by atoms with van der Waals surface area (Å²) in [6.07, 6.45) is 0. The molecule has 1 atom stereocenters. The molecule has 4 rings (SSSR count). The molecule has 3 aromatic rings. The van der Waals surface area contributed by atoms with E-state index in [0.29, 0.717) is 6.61 Å². The first-order chi connectivity index (χ1) is 13.3. The zero-order chi connectivity index (χ0) is 18.5. The smallest absolute Gasteiger partial charge is 0.124 e. The first-order valence-electron chi connectivity index (χ1n) is 9.27. The molecule has 1 N–H and O–H groups in total. The van der Waals surface area contributed by atoms with Gasteiger partial charge in [-0.05, 0) is 39.7 Å². The maximum atomic E-state index is 6.27. The summed E-state index contributed by atoms with van der Waals surface area (Å²) in [6, 6.07) is 23.4. The molecule has 1 aliphatic heterocycles. The molecule has 1 aliphatic rings. The van der Waals surface area contributed by atoms with Gasteiger partial charge in [0.2, 0.25) is 0 Å². The van der Waals surface area contributed by atoms with Crippen molar-refractivity contribution in [1.82, 2.24) is 10.2 Å². The third kappa shape index (κ3) is 4.61. The second-order valence-electron chi connectivity index (χ2n) is 6.64. The molecule has 0 bridgehead atoms. The number of para-hydroxylation sites is 1. The highest BCUT2D eigenvalue weighted by atomic mass is 79.9. The van der Waals surface area contributed by atoms with E-state index in [9.17, 15) is 0 Å². The van der Waals surface area contributed by atoms with Crippen LogP contribution in [0.15, 0.2) is 70.5 Å². The molecule has 0 radical (unpaired) electrons. The van der Waals surface area contributed by atoms with Crippen molar-refractivity contribution in [3.63, 3.8) is 0 Å². The number of ether oxygens (including phenoxy) is 1. The summed E-state index contributed by atoms with van der Waals surface area (Å²) in [5.41, 5.74) is 2.43. The highest BCUT2D eigenvalue weighted by molar-refractivity contribution is 9.11. The van der Waals surface area contributed by atoms with Crippen LogP contribution in [0.4, 0.5) is 0 Å². The SMILES string of the molecule is Brc1ccc(C(c2ccccc2OCc2ccccc2)N2CCNCC2)s1. The Kier molecular flexibility index (Phi) is 6.24. The zero-order valence-electron chi connectivity index (χ0n) is 15.1. The lowest BCUT2D eigenvalue weighted by molar-refractivity contribution is 0.195. The van der Waals surface area contributed by atoms with E-state index in [-0.39, 0.29) is 6.04 Å². The second-order valence-corrected chi connectivity index (χ2v) is 9.14. The van der Waals surface area contributed by atoms with Crippen molar-refractivity contribution in [1.29, 1.82) is 0 Å². The number of thiophene rings is 1. The molecule has 5 heteroatoms. The molecular formula is C22H23BrN2OS. The fourth-order valence-electron chi connectivity index (χ4n) is 3.52. The second kappa shape index (κ2) is 9.02. The van der Waals surface area contributed by atoms with E-state index < -0.39 is 0 Å². The van der Waals surface area contributed by atoms with Gasteiger partial charge in [-0.1, -0.05) is 48.5 Å². The molecule has 2 heterocycles. The van der Waals surface area contributed by atoms with Crippen LogP contribution in [0.3, 0.4) is 0 Å². The van der Waals surface area contributed by atoms with Crippen LogP contribution in [-0.4, -0.2) is 31.1 Å². The van der Waals surface area contributed by atoms with Gasteiger partial charge in [-0.15, -0.1) is 11.3 Å². The van der Waals surface area contributed by atoms with Crippen molar-refractivity contribution >= 4 is 27.3 Å². The Morgan fingerprint density at radius 1 is 0.963 bits per heavy atom. The fourth-order valence-corrected chi connectivity index (χ4v) is 5.10. The predicted molar refractivity (Wildman–Crippen MR) is 116 cm³/mol. The van der Waals surface area contributed by atoms with Crippen LogP contribution in [-0.2, 0) is 6.61 Å². The highest BCUT2D eigenvalue weighted by Crippen LogP contribution is 2.39. The normalized spacial score (nSPS) is 16.2. The Hall–Kier alpha value is -1.66. The van der Waals surface area contributed by atoms with Crippen molar-refractivity contribution in [2.45, 2.75) is 12.6 Å². The van der Waals surface area contributed by atoms with Gasteiger partial charge in [-0.3, -0.25) is 4.90 Å². The summed E-state index contributed by atoms with van der Waals surface area (Å²) < 4.78 is 7.44. The van der Waals surface area contributed by atoms with Gasteiger partial charge in [0.15, 0.2) is 0 Å². The maximum Gasteiger partial charge on any atom is 0.124 e. The minimum absolute atomic E-state index is 0.218. The molecular weight excluding hydrogens is 420 g/mol. The zero-order valence-corrected chi connectivity index (χ0v) is 17.5.